The topological polar surface area (TPSA) is 118 Å². The fourth-order valence-corrected chi connectivity index (χ4v) is 4.27. The van der Waals surface area contributed by atoms with Gasteiger partial charge in [0, 0.05) is 16.8 Å². The number of Topliss-reactive ketones (excluding diaryl/α,β-unsaturated/α-hetero) is 1. The van der Waals surface area contributed by atoms with Gasteiger partial charge in [0.05, 0.1) is 16.5 Å². The third-order valence-corrected chi connectivity index (χ3v) is 6.34. The van der Waals surface area contributed by atoms with Gasteiger partial charge in [-0.3, -0.25) is 14.5 Å². The molecule has 1 saturated heterocycles. The maximum Gasteiger partial charge on any atom is 0.300 e. The van der Waals surface area contributed by atoms with E-state index in [0.717, 1.165) is 10.5 Å². The van der Waals surface area contributed by atoms with Gasteiger partial charge < -0.3 is 5.11 Å². The number of carbonyl (C=O) groups is 2. The first kappa shape index (κ1) is 22.4. The van der Waals surface area contributed by atoms with Crippen LogP contribution >= 0.6 is 0 Å². The summed E-state index contributed by atoms with van der Waals surface area (Å²) < 4.78 is 38.0. The minimum atomic E-state index is -3.98. The first-order valence-corrected chi connectivity index (χ1v) is 11.4. The number of aliphatic hydroxyl groups is 1. The lowest BCUT2D eigenvalue weighted by molar-refractivity contribution is -0.132. The average molecular weight is 466 g/mol. The van der Waals surface area contributed by atoms with E-state index in [-0.39, 0.29) is 21.7 Å². The second kappa shape index (κ2) is 8.27. The highest BCUT2D eigenvalue weighted by atomic mass is 32.2. The maximum absolute atomic E-state index is 14.8. The molecule has 1 heterocycles. The van der Waals surface area contributed by atoms with Crippen molar-refractivity contribution in [3.05, 3.63) is 101 Å². The number of carbonyl (C=O) groups excluding carboxylic acids is 2. The van der Waals surface area contributed by atoms with Gasteiger partial charge in [0.15, 0.2) is 0 Å². The van der Waals surface area contributed by atoms with Gasteiger partial charge in [0.2, 0.25) is 10.0 Å². The van der Waals surface area contributed by atoms with E-state index in [9.17, 15) is 27.5 Å². The number of hydrogen-bond acceptors (Lipinski definition) is 5. The molecule has 1 fully saturated rings. The summed E-state index contributed by atoms with van der Waals surface area (Å²) in [5, 5.41) is 16.1. The second-order valence-electron chi connectivity index (χ2n) is 7.60. The Morgan fingerprint density at radius 2 is 1.58 bits per heavy atom. The van der Waals surface area contributed by atoms with E-state index in [1.165, 1.54) is 42.5 Å². The Balaban J connectivity index is 1.94. The standard InChI is InChI=1S/C24H19FN2O5S/c1-14-6-8-15(9-7-14)22(28)20-21(18-4-2-3-5-19(18)25)27(24(30)23(20)29)16-10-12-17(13-11-16)33(26,31)32/h2-13,21,28H,1H3,(H2,26,31,32)/t21-/m1/s1. The quantitative estimate of drug-likeness (QED) is 0.347. The Morgan fingerprint density at radius 1 is 0.970 bits per heavy atom. The Morgan fingerprint density at radius 3 is 2.15 bits per heavy atom. The third-order valence-electron chi connectivity index (χ3n) is 5.41. The monoisotopic (exact) mass is 466 g/mol. The van der Waals surface area contributed by atoms with Crippen molar-refractivity contribution in [1.29, 1.82) is 0 Å². The molecule has 4 rings (SSSR count). The summed E-state index contributed by atoms with van der Waals surface area (Å²) >= 11 is 0. The number of hydrogen-bond donors (Lipinski definition) is 2. The zero-order valence-electron chi connectivity index (χ0n) is 17.4. The van der Waals surface area contributed by atoms with Crippen LogP contribution in [0.3, 0.4) is 0 Å². The van der Waals surface area contributed by atoms with Crippen molar-refractivity contribution < 1.29 is 27.5 Å². The first-order chi connectivity index (χ1) is 15.6. The molecule has 1 amide bonds. The van der Waals surface area contributed by atoms with Gasteiger partial charge in [-0.25, -0.2) is 17.9 Å². The Hall–Kier alpha value is -3.82. The third kappa shape index (κ3) is 4.04. The lowest BCUT2D eigenvalue weighted by Gasteiger charge is -2.25. The largest absolute Gasteiger partial charge is 0.507 e. The van der Waals surface area contributed by atoms with Crippen molar-refractivity contribution >= 4 is 33.2 Å². The molecule has 7 nitrogen and oxygen atoms in total. The van der Waals surface area contributed by atoms with Crippen LogP contribution < -0.4 is 10.0 Å². The molecule has 0 saturated carbocycles. The van der Waals surface area contributed by atoms with Crippen LogP contribution in [-0.4, -0.2) is 25.2 Å². The molecule has 3 aromatic carbocycles. The van der Waals surface area contributed by atoms with Crippen LogP contribution in [0, 0.1) is 12.7 Å². The number of aryl methyl sites for hydroxylation is 1. The summed E-state index contributed by atoms with van der Waals surface area (Å²) in [6.07, 6.45) is 0. The minimum absolute atomic E-state index is 0.000819. The molecule has 0 aliphatic carbocycles. The fourth-order valence-electron chi connectivity index (χ4n) is 3.75. The molecule has 1 atom stereocenters. The summed E-state index contributed by atoms with van der Waals surface area (Å²) in [6.45, 7) is 1.85. The number of nitrogens with two attached hydrogens (primary N) is 1. The molecular formula is C24H19FN2O5S. The normalized spacial score (nSPS) is 18.0. The lowest BCUT2D eigenvalue weighted by Crippen LogP contribution is -2.30. The van der Waals surface area contributed by atoms with Crippen LogP contribution in [0.4, 0.5) is 10.1 Å². The maximum atomic E-state index is 14.8. The van der Waals surface area contributed by atoms with E-state index in [0.29, 0.717) is 5.56 Å². The zero-order valence-corrected chi connectivity index (χ0v) is 18.2. The number of amides is 1. The van der Waals surface area contributed by atoms with Gasteiger partial charge >= 0.3 is 0 Å². The Bertz CT molecular complexity index is 1400. The summed E-state index contributed by atoms with van der Waals surface area (Å²) in [7, 11) is -3.98. The number of halogens is 1. The van der Waals surface area contributed by atoms with E-state index in [4.69, 9.17) is 5.14 Å². The SMILES string of the molecule is Cc1ccc(C(O)=C2C(=O)C(=O)N(c3ccc(S(N)(=O)=O)cc3)[C@@H]2c2ccccc2F)cc1. The number of nitrogens with zero attached hydrogens (tertiary/aromatic N) is 1. The Labute approximate surface area is 189 Å². The highest BCUT2D eigenvalue weighted by Crippen LogP contribution is 2.43. The van der Waals surface area contributed by atoms with Crippen molar-refractivity contribution in [3.8, 4) is 0 Å². The Kier molecular flexibility index (Phi) is 5.61. The van der Waals surface area contributed by atoms with Gasteiger partial charge in [-0.05, 0) is 37.3 Å². The van der Waals surface area contributed by atoms with Crippen molar-refractivity contribution in [2.24, 2.45) is 5.14 Å². The zero-order chi connectivity index (χ0) is 23.9. The fraction of sp³-hybridized carbons (Fsp3) is 0.0833. The number of primary sulfonamides is 1. The predicted molar refractivity (Wildman–Crippen MR) is 120 cm³/mol. The number of sulfonamides is 1. The van der Waals surface area contributed by atoms with E-state index in [1.807, 2.05) is 6.92 Å². The highest BCUT2D eigenvalue weighted by Gasteiger charge is 2.47. The minimum Gasteiger partial charge on any atom is -0.507 e. The van der Waals surface area contributed by atoms with E-state index >= 15 is 0 Å². The van der Waals surface area contributed by atoms with Crippen molar-refractivity contribution in [1.82, 2.24) is 0 Å². The molecule has 0 aromatic heterocycles. The summed E-state index contributed by atoms with van der Waals surface area (Å²) in [5.41, 5.74) is 1.09. The second-order valence-corrected chi connectivity index (χ2v) is 9.16. The van der Waals surface area contributed by atoms with Gasteiger partial charge in [0.1, 0.15) is 11.6 Å². The van der Waals surface area contributed by atoms with Crippen LogP contribution in [-0.2, 0) is 19.6 Å². The van der Waals surface area contributed by atoms with Crippen LogP contribution in [0.5, 0.6) is 0 Å². The molecule has 9 heteroatoms. The van der Waals surface area contributed by atoms with Crippen molar-refractivity contribution in [2.75, 3.05) is 4.90 Å². The van der Waals surface area contributed by atoms with Gasteiger partial charge in [-0.1, -0.05) is 48.0 Å². The molecule has 0 bridgehead atoms. The molecule has 1 aliphatic rings. The van der Waals surface area contributed by atoms with Gasteiger partial charge in [0.25, 0.3) is 11.7 Å². The summed E-state index contributed by atoms with van der Waals surface area (Å²) in [6, 6.07) is 16.0. The molecule has 0 unspecified atom stereocenters. The smallest absolute Gasteiger partial charge is 0.300 e. The average Bonchev–Trinajstić information content (AvgIpc) is 3.04. The molecule has 3 N–H and O–H groups in total. The molecule has 3 aromatic rings. The summed E-state index contributed by atoms with van der Waals surface area (Å²) in [5.74, 6) is -3.09. The molecular weight excluding hydrogens is 447 g/mol. The number of ketones is 1. The van der Waals surface area contributed by atoms with Crippen LogP contribution in [0.1, 0.15) is 22.7 Å². The van der Waals surface area contributed by atoms with Crippen molar-refractivity contribution in [2.45, 2.75) is 17.9 Å². The molecule has 33 heavy (non-hydrogen) atoms. The number of benzene rings is 3. The number of anilines is 1. The number of rotatable bonds is 4. The van der Waals surface area contributed by atoms with Gasteiger partial charge in [-0.15, -0.1) is 0 Å². The van der Waals surface area contributed by atoms with Crippen molar-refractivity contribution in [3.63, 3.8) is 0 Å². The van der Waals surface area contributed by atoms with E-state index < -0.39 is 39.3 Å². The first-order valence-electron chi connectivity index (χ1n) is 9.85. The number of aliphatic hydroxyl groups excluding tert-OH is 1. The van der Waals surface area contributed by atoms with Gasteiger partial charge in [-0.2, -0.15) is 0 Å². The highest BCUT2D eigenvalue weighted by molar-refractivity contribution is 7.89. The van der Waals surface area contributed by atoms with E-state index in [1.54, 1.807) is 30.3 Å². The van der Waals surface area contributed by atoms with E-state index in [2.05, 4.69) is 0 Å². The lowest BCUT2D eigenvalue weighted by atomic mass is 9.94. The van der Waals surface area contributed by atoms with Crippen LogP contribution in [0.2, 0.25) is 0 Å². The van der Waals surface area contributed by atoms with Crippen LogP contribution in [0.15, 0.2) is 83.3 Å². The molecule has 1 aliphatic heterocycles. The summed E-state index contributed by atoms with van der Waals surface area (Å²) in [4.78, 5) is 26.9. The molecule has 168 valence electrons. The molecule has 0 radical (unpaired) electrons. The molecule has 0 spiro atoms. The van der Waals surface area contributed by atoms with Crippen LogP contribution in [0.25, 0.3) is 5.76 Å². The predicted octanol–water partition coefficient (Wildman–Crippen LogP) is 3.41.